The van der Waals surface area contributed by atoms with Gasteiger partial charge in [0, 0.05) is 35.9 Å². The van der Waals surface area contributed by atoms with Gasteiger partial charge in [-0.05, 0) is 49.7 Å². The minimum absolute atomic E-state index is 0.0388. The number of aryl methyl sites for hydroxylation is 2. The van der Waals surface area contributed by atoms with Gasteiger partial charge in [0.1, 0.15) is 11.5 Å². The lowest BCUT2D eigenvalue weighted by Crippen LogP contribution is -2.20. The molecule has 1 aromatic carbocycles. The molecule has 0 spiro atoms. The molecule has 0 fully saturated rings. The number of benzene rings is 1. The van der Waals surface area contributed by atoms with E-state index in [1.165, 1.54) is 0 Å². The molecule has 134 valence electrons. The van der Waals surface area contributed by atoms with Crippen molar-refractivity contribution in [3.8, 4) is 11.5 Å². The molecule has 0 aliphatic heterocycles. The van der Waals surface area contributed by atoms with Crippen LogP contribution in [0.4, 0.5) is 5.69 Å². The Balaban J connectivity index is 1.60. The molecule has 0 unspecified atom stereocenters. The van der Waals surface area contributed by atoms with Crippen molar-refractivity contribution in [1.82, 2.24) is 9.55 Å². The molecule has 1 amide bonds. The Morgan fingerprint density at radius 1 is 1.31 bits per heavy atom. The number of aromatic nitrogens is 2. The summed E-state index contributed by atoms with van der Waals surface area (Å²) in [5, 5.41) is 4.65. The van der Waals surface area contributed by atoms with Gasteiger partial charge in [0.05, 0.1) is 6.20 Å². The van der Waals surface area contributed by atoms with Crippen molar-refractivity contribution in [3.63, 3.8) is 0 Å². The van der Waals surface area contributed by atoms with E-state index in [2.05, 4.69) is 10.3 Å². The molecule has 3 rings (SSSR count). The topological polar surface area (TPSA) is 73.2 Å². The Bertz CT molecular complexity index is 964. The largest absolute Gasteiger partial charge is 0.455 e. The zero-order valence-electron chi connectivity index (χ0n) is 14.6. The van der Waals surface area contributed by atoms with Crippen LogP contribution in [0.3, 0.4) is 0 Å². The van der Waals surface area contributed by atoms with Crippen LogP contribution in [0.15, 0.2) is 52.9 Å². The normalized spacial score (nSPS) is 10.5. The van der Waals surface area contributed by atoms with E-state index in [0.29, 0.717) is 23.7 Å². The number of ether oxygens (including phenoxy) is 1. The molecular weight excluding hydrogens is 350 g/mol. The number of carbonyl (C=O) groups is 1. The fourth-order valence-electron chi connectivity index (χ4n) is 2.49. The molecule has 26 heavy (non-hydrogen) atoms. The predicted octanol–water partition coefficient (Wildman–Crippen LogP) is 3.74. The Kier molecular flexibility index (Phi) is 5.48. The molecule has 0 radical (unpaired) electrons. The zero-order chi connectivity index (χ0) is 18.5. The molecule has 7 heteroatoms. The number of nitrogens with zero attached hydrogens (tertiary/aromatic N) is 2. The SMILES string of the molecule is Cc1cc(NC(=O)CCn2c(C)csc2=O)ccc1Oc1cccnc1. The van der Waals surface area contributed by atoms with E-state index in [4.69, 9.17) is 4.74 Å². The van der Waals surface area contributed by atoms with Gasteiger partial charge in [-0.2, -0.15) is 0 Å². The minimum atomic E-state index is -0.136. The van der Waals surface area contributed by atoms with Gasteiger partial charge < -0.3 is 14.6 Å². The summed E-state index contributed by atoms with van der Waals surface area (Å²) in [6, 6.07) is 9.09. The van der Waals surface area contributed by atoms with Crippen LogP contribution in [-0.4, -0.2) is 15.5 Å². The summed E-state index contributed by atoms with van der Waals surface area (Å²) >= 11 is 1.15. The highest BCUT2D eigenvalue weighted by molar-refractivity contribution is 7.07. The Hall–Kier alpha value is -2.93. The maximum atomic E-state index is 12.2. The number of amides is 1. The fraction of sp³-hybridized carbons (Fsp3) is 0.211. The average Bonchev–Trinajstić information content (AvgIpc) is 2.94. The van der Waals surface area contributed by atoms with Gasteiger partial charge in [-0.3, -0.25) is 14.6 Å². The van der Waals surface area contributed by atoms with Gasteiger partial charge in [0.25, 0.3) is 0 Å². The number of carbonyl (C=O) groups excluding carboxylic acids is 1. The lowest BCUT2D eigenvalue weighted by Gasteiger charge is -2.11. The van der Waals surface area contributed by atoms with Crippen molar-refractivity contribution in [1.29, 1.82) is 0 Å². The smallest absolute Gasteiger partial charge is 0.307 e. The van der Waals surface area contributed by atoms with Gasteiger partial charge in [-0.15, -0.1) is 0 Å². The van der Waals surface area contributed by atoms with Crippen LogP contribution in [0, 0.1) is 13.8 Å². The Morgan fingerprint density at radius 2 is 2.15 bits per heavy atom. The van der Waals surface area contributed by atoms with E-state index >= 15 is 0 Å². The first-order valence-electron chi connectivity index (χ1n) is 8.16. The van der Waals surface area contributed by atoms with Crippen molar-refractivity contribution in [3.05, 3.63) is 69.0 Å². The number of hydrogen-bond acceptors (Lipinski definition) is 5. The molecule has 0 atom stereocenters. The third-order valence-electron chi connectivity index (χ3n) is 3.86. The molecule has 3 aromatic rings. The van der Waals surface area contributed by atoms with Gasteiger partial charge in [0.15, 0.2) is 0 Å². The second-order valence-corrected chi connectivity index (χ2v) is 6.68. The van der Waals surface area contributed by atoms with Gasteiger partial charge in [-0.25, -0.2) is 0 Å². The summed E-state index contributed by atoms with van der Waals surface area (Å²) in [5.41, 5.74) is 2.47. The number of nitrogens with one attached hydrogen (secondary N) is 1. The second-order valence-electron chi connectivity index (χ2n) is 5.86. The van der Waals surface area contributed by atoms with E-state index in [-0.39, 0.29) is 17.2 Å². The quantitative estimate of drug-likeness (QED) is 0.718. The van der Waals surface area contributed by atoms with E-state index < -0.39 is 0 Å². The average molecular weight is 369 g/mol. The molecule has 0 saturated carbocycles. The molecule has 0 bridgehead atoms. The first-order chi connectivity index (χ1) is 12.5. The number of anilines is 1. The summed E-state index contributed by atoms with van der Waals surface area (Å²) in [4.78, 5) is 27.8. The molecule has 2 aromatic heterocycles. The molecule has 1 N–H and O–H groups in total. The monoisotopic (exact) mass is 369 g/mol. The van der Waals surface area contributed by atoms with Crippen LogP contribution in [0.5, 0.6) is 11.5 Å². The van der Waals surface area contributed by atoms with Crippen molar-refractivity contribution < 1.29 is 9.53 Å². The van der Waals surface area contributed by atoms with E-state index in [1.807, 2.05) is 32.0 Å². The van der Waals surface area contributed by atoms with Gasteiger partial charge in [0.2, 0.25) is 5.91 Å². The number of hydrogen-bond donors (Lipinski definition) is 1. The third-order valence-corrected chi connectivity index (χ3v) is 4.74. The molecule has 6 nitrogen and oxygen atoms in total. The summed E-state index contributed by atoms with van der Waals surface area (Å²) in [7, 11) is 0. The Morgan fingerprint density at radius 3 is 2.81 bits per heavy atom. The predicted molar refractivity (Wildman–Crippen MR) is 102 cm³/mol. The van der Waals surface area contributed by atoms with Crippen LogP contribution in [0.25, 0.3) is 0 Å². The van der Waals surface area contributed by atoms with Gasteiger partial charge >= 0.3 is 4.87 Å². The molecule has 0 aliphatic carbocycles. The van der Waals surface area contributed by atoms with Crippen LogP contribution in [0.2, 0.25) is 0 Å². The standard InChI is InChI=1S/C19H19N3O3S/c1-13-10-15(5-6-17(13)25-16-4-3-8-20-11-16)21-18(23)7-9-22-14(2)12-26-19(22)24/h3-6,8,10-12H,7,9H2,1-2H3,(H,21,23). The maximum Gasteiger partial charge on any atom is 0.307 e. The van der Waals surface area contributed by atoms with E-state index in [9.17, 15) is 9.59 Å². The minimum Gasteiger partial charge on any atom is -0.455 e. The highest BCUT2D eigenvalue weighted by atomic mass is 32.1. The van der Waals surface area contributed by atoms with Crippen LogP contribution in [-0.2, 0) is 11.3 Å². The molecule has 2 heterocycles. The summed E-state index contributed by atoms with van der Waals surface area (Å²) < 4.78 is 7.39. The number of rotatable bonds is 6. The highest BCUT2D eigenvalue weighted by Gasteiger charge is 2.08. The zero-order valence-corrected chi connectivity index (χ0v) is 15.4. The van der Waals surface area contributed by atoms with Crippen molar-refractivity contribution in [2.45, 2.75) is 26.8 Å². The van der Waals surface area contributed by atoms with Gasteiger partial charge in [-0.1, -0.05) is 11.3 Å². The fourth-order valence-corrected chi connectivity index (χ4v) is 3.25. The van der Waals surface area contributed by atoms with Crippen LogP contribution < -0.4 is 14.9 Å². The van der Waals surface area contributed by atoms with Crippen LogP contribution >= 0.6 is 11.3 Å². The lowest BCUT2D eigenvalue weighted by atomic mass is 10.2. The van der Waals surface area contributed by atoms with Crippen molar-refractivity contribution in [2.24, 2.45) is 0 Å². The summed E-state index contributed by atoms with van der Waals surface area (Å²) in [6.45, 7) is 4.15. The molecule has 0 saturated heterocycles. The third kappa shape index (κ3) is 4.37. The Labute approximate surface area is 155 Å². The second kappa shape index (κ2) is 7.97. The highest BCUT2D eigenvalue weighted by Crippen LogP contribution is 2.26. The maximum absolute atomic E-state index is 12.2. The van der Waals surface area contributed by atoms with Crippen LogP contribution in [0.1, 0.15) is 17.7 Å². The van der Waals surface area contributed by atoms with Crippen molar-refractivity contribution in [2.75, 3.05) is 5.32 Å². The molecular formula is C19H19N3O3S. The number of thiazole rings is 1. The summed E-state index contributed by atoms with van der Waals surface area (Å²) in [6.07, 6.45) is 3.57. The first kappa shape index (κ1) is 17.9. The molecule has 0 aliphatic rings. The van der Waals surface area contributed by atoms with E-state index in [1.54, 1.807) is 34.5 Å². The lowest BCUT2D eigenvalue weighted by molar-refractivity contribution is -0.116. The summed E-state index contributed by atoms with van der Waals surface area (Å²) in [5.74, 6) is 1.23. The first-order valence-corrected chi connectivity index (χ1v) is 9.04. The van der Waals surface area contributed by atoms with E-state index in [0.717, 1.165) is 22.6 Å². The van der Waals surface area contributed by atoms with Crippen molar-refractivity contribution >= 4 is 22.9 Å². The number of pyridine rings is 1.